The lowest BCUT2D eigenvalue weighted by atomic mass is 10.4. The Kier molecular flexibility index (Phi) is 17.4. The number of aliphatic hydroxyl groups is 1. The summed E-state index contributed by atoms with van der Waals surface area (Å²) in [5.74, 6) is 0.428. The fourth-order valence-electron chi connectivity index (χ4n) is 2.99. The van der Waals surface area contributed by atoms with Crippen molar-refractivity contribution in [3.8, 4) is 11.8 Å². The first-order chi connectivity index (χ1) is 18.7. The van der Waals surface area contributed by atoms with E-state index in [0.717, 1.165) is 0 Å². The number of ether oxygens (including phenoxy) is 4. The minimum atomic E-state index is -3.54. The zero-order valence-corrected chi connectivity index (χ0v) is 27.5. The summed E-state index contributed by atoms with van der Waals surface area (Å²) < 4.78 is 70.1. The van der Waals surface area contributed by atoms with Crippen LogP contribution in [0, 0.1) is 0 Å². The Morgan fingerprint density at radius 2 is 1.25 bits per heavy atom. The van der Waals surface area contributed by atoms with Crippen molar-refractivity contribution in [2.75, 3.05) is 45.4 Å². The van der Waals surface area contributed by atoms with E-state index in [-0.39, 0.29) is 68.7 Å². The highest BCUT2D eigenvalue weighted by molar-refractivity contribution is 7.98. The topological polar surface area (TPSA) is 154 Å². The Hall–Kier alpha value is -0.790. The second-order valence-electron chi connectivity index (χ2n) is 9.67. The van der Waals surface area contributed by atoms with Crippen LogP contribution in [0.15, 0.2) is 11.2 Å². The zero-order valence-electron chi connectivity index (χ0n) is 24.9. The van der Waals surface area contributed by atoms with Gasteiger partial charge in [0.05, 0.1) is 43.7 Å². The van der Waals surface area contributed by atoms with E-state index < -0.39 is 27.9 Å². The first-order valence-electron chi connectivity index (χ1n) is 13.1. The van der Waals surface area contributed by atoms with Crippen LogP contribution in [0.4, 0.5) is 0 Å². The van der Waals surface area contributed by atoms with E-state index >= 15 is 0 Å². The summed E-state index contributed by atoms with van der Waals surface area (Å²) in [7, 11) is -6.95. The lowest BCUT2D eigenvalue weighted by molar-refractivity contribution is -0.00625. The summed E-state index contributed by atoms with van der Waals surface area (Å²) in [6, 6.07) is 1.48. The molecule has 1 aromatic heterocycles. The van der Waals surface area contributed by atoms with Crippen molar-refractivity contribution in [2.45, 2.75) is 91.1 Å². The largest absolute Gasteiger partial charge is 0.475 e. The molecule has 16 heteroatoms. The number of aromatic nitrogens is 2. The molecule has 0 bridgehead atoms. The first kappa shape index (κ1) is 37.2. The van der Waals surface area contributed by atoms with E-state index in [1.54, 1.807) is 61.6 Å². The van der Waals surface area contributed by atoms with Gasteiger partial charge >= 0.3 is 15.2 Å². The van der Waals surface area contributed by atoms with Crippen LogP contribution >= 0.6 is 27.0 Å². The number of rotatable bonds is 22. The molecule has 0 aromatic carbocycles. The van der Waals surface area contributed by atoms with Crippen LogP contribution < -0.4 is 9.47 Å². The molecule has 0 aliphatic carbocycles. The lowest BCUT2D eigenvalue weighted by Crippen LogP contribution is -2.27. The van der Waals surface area contributed by atoms with Gasteiger partial charge in [0.2, 0.25) is 11.8 Å². The maximum Gasteiger partial charge on any atom is 0.356 e. The molecule has 1 rings (SSSR count). The summed E-state index contributed by atoms with van der Waals surface area (Å²) in [6.45, 7) is 13.8. The molecule has 1 N–H and O–H groups in total. The molecule has 0 saturated carbocycles. The van der Waals surface area contributed by atoms with Gasteiger partial charge in [-0.1, -0.05) is 11.8 Å². The van der Waals surface area contributed by atoms with Crippen molar-refractivity contribution in [1.82, 2.24) is 9.97 Å². The van der Waals surface area contributed by atoms with Gasteiger partial charge in [0.25, 0.3) is 0 Å². The number of aliphatic hydroxyl groups excluding tert-OH is 1. The molecule has 13 nitrogen and oxygen atoms in total. The van der Waals surface area contributed by atoms with Crippen molar-refractivity contribution in [3.05, 3.63) is 6.07 Å². The maximum atomic E-state index is 13.0. The summed E-state index contributed by atoms with van der Waals surface area (Å²) in [6.07, 6.45) is -0.803. The SMILES string of the molecule is CSc1nc(OCCOCP(=O)(OC(C)C)OC(C)C)cc(OC[C@H](CO)OCP(=O)(OC(C)C)OC(C)C)n1. The van der Waals surface area contributed by atoms with Crippen molar-refractivity contribution in [1.29, 1.82) is 0 Å². The number of thioether (sulfide) groups is 1. The molecule has 0 aliphatic rings. The molecule has 0 amide bonds. The molecule has 0 spiro atoms. The second-order valence-corrected chi connectivity index (χ2v) is 14.2. The van der Waals surface area contributed by atoms with E-state index in [2.05, 4.69) is 9.97 Å². The van der Waals surface area contributed by atoms with Gasteiger partial charge in [-0.05, 0) is 61.6 Å². The van der Waals surface area contributed by atoms with Crippen LogP contribution in [0.5, 0.6) is 11.8 Å². The van der Waals surface area contributed by atoms with Crippen molar-refractivity contribution in [3.63, 3.8) is 0 Å². The van der Waals surface area contributed by atoms with Crippen LogP contribution in [0.2, 0.25) is 0 Å². The predicted molar refractivity (Wildman–Crippen MR) is 153 cm³/mol. The van der Waals surface area contributed by atoms with Gasteiger partial charge in [-0.2, -0.15) is 9.97 Å². The Labute approximate surface area is 242 Å². The Balaban J connectivity index is 2.69. The van der Waals surface area contributed by atoms with Crippen LogP contribution in [0.3, 0.4) is 0 Å². The summed E-state index contributed by atoms with van der Waals surface area (Å²) >= 11 is 1.29. The number of nitrogens with zero attached hydrogens (tertiary/aromatic N) is 2. The first-order valence-corrected chi connectivity index (χ1v) is 17.8. The maximum absolute atomic E-state index is 13.0. The molecular weight excluding hydrogens is 586 g/mol. The van der Waals surface area contributed by atoms with Crippen LogP contribution in [0.1, 0.15) is 55.4 Å². The normalized spacial score (nSPS) is 13.6. The third-order valence-electron chi connectivity index (χ3n) is 4.14. The molecule has 0 unspecified atom stereocenters. The van der Waals surface area contributed by atoms with Gasteiger partial charge in [0.1, 0.15) is 32.0 Å². The summed E-state index contributed by atoms with van der Waals surface area (Å²) in [5.41, 5.74) is 0. The molecule has 234 valence electrons. The minimum absolute atomic E-state index is 0.0891. The molecule has 1 aromatic rings. The highest BCUT2D eigenvalue weighted by atomic mass is 32.2. The van der Waals surface area contributed by atoms with Crippen LogP contribution in [-0.4, -0.2) is 91.0 Å². The molecule has 1 heterocycles. The highest BCUT2D eigenvalue weighted by Gasteiger charge is 2.30. The molecule has 1 atom stereocenters. The van der Waals surface area contributed by atoms with E-state index in [0.29, 0.717) is 5.16 Å². The van der Waals surface area contributed by atoms with Gasteiger partial charge in [-0.15, -0.1) is 0 Å². The number of hydrogen-bond acceptors (Lipinski definition) is 14. The Morgan fingerprint density at radius 1 is 0.775 bits per heavy atom. The van der Waals surface area contributed by atoms with Crippen molar-refractivity contribution in [2.24, 2.45) is 0 Å². The fraction of sp³-hybridized carbons (Fsp3) is 0.833. The van der Waals surface area contributed by atoms with Crippen LogP contribution in [0.25, 0.3) is 0 Å². The summed E-state index contributed by atoms with van der Waals surface area (Å²) in [4.78, 5) is 8.57. The van der Waals surface area contributed by atoms with E-state index in [1.807, 2.05) is 0 Å². The second kappa shape index (κ2) is 18.7. The highest BCUT2D eigenvalue weighted by Crippen LogP contribution is 2.51. The fourth-order valence-corrected chi connectivity index (χ4v) is 7.01. The number of hydrogen-bond donors (Lipinski definition) is 1. The molecule has 0 saturated heterocycles. The van der Waals surface area contributed by atoms with E-state index in [9.17, 15) is 14.2 Å². The smallest absolute Gasteiger partial charge is 0.356 e. The molecule has 0 aliphatic heterocycles. The zero-order chi connectivity index (χ0) is 30.3. The van der Waals surface area contributed by atoms with Gasteiger partial charge in [0, 0.05) is 0 Å². The van der Waals surface area contributed by atoms with Crippen molar-refractivity contribution < 1.29 is 51.3 Å². The quantitative estimate of drug-likeness (QED) is 0.0756. The molecular formula is C24H46N2O11P2S. The summed E-state index contributed by atoms with van der Waals surface area (Å²) in [5, 5.41) is 10.1. The molecule has 40 heavy (non-hydrogen) atoms. The van der Waals surface area contributed by atoms with E-state index in [1.165, 1.54) is 17.8 Å². The lowest BCUT2D eigenvalue weighted by Gasteiger charge is -2.24. The third-order valence-corrected chi connectivity index (χ3v) is 8.63. The molecule has 0 radical (unpaired) electrons. The van der Waals surface area contributed by atoms with Gasteiger partial charge in [-0.25, -0.2) is 0 Å². The van der Waals surface area contributed by atoms with Gasteiger partial charge in [0.15, 0.2) is 5.16 Å². The average molecular weight is 633 g/mol. The molecule has 0 fully saturated rings. The van der Waals surface area contributed by atoms with E-state index in [4.69, 9.17) is 37.0 Å². The predicted octanol–water partition coefficient (Wildman–Crippen LogP) is 5.35. The van der Waals surface area contributed by atoms with Gasteiger partial charge in [-0.3, -0.25) is 9.13 Å². The van der Waals surface area contributed by atoms with Crippen molar-refractivity contribution >= 4 is 27.0 Å². The van der Waals surface area contributed by atoms with Crippen LogP contribution in [-0.2, 0) is 36.7 Å². The third kappa shape index (κ3) is 16.0. The monoisotopic (exact) mass is 632 g/mol. The average Bonchev–Trinajstić information content (AvgIpc) is 2.81. The minimum Gasteiger partial charge on any atom is -0.475 e. The standard InChI is InChI=1S/C24H46N2O11P2S/c1-17(2)34-38(28,35-18(3)4)15-30-10-11-31-22-12-23(26-24(25-22)40-9)32-14-21(13-27)33-16-39(29,36-19(5)6)37-20(7)8/h12,17-21,27H,10-11,13-16H2,1-9H3/t21-/m0/s1. The Bertz CT molecular complexity index is 925. The Morgan fingerprint density at radius 3 is 1.70 bits per heavy atom. The van der Waals surface area contributed by atoms with Gasteiger partial charge < -0.3 is 42.1 Å².